The number of rotatable bonds is 2. The van der Waals surface area contributed by atoms with E-state index in [1.165, 1.54) is 0 Å². The zero-order valence-electron chi connectivity index (χ0n) is 15.3. The number of fused-ring (bicyclic) bond motifs is 3. The molecule has 2 aliphatic carbocycles. The maximum atomic E-state index is 12.5. The Kier molecular flexibility index (Phi) is 4.06. The van der Waals surface area contributed by atoms with Gasteiger partial charge in [-0.1, -0.05) is 34.1 Å². The van der Waals surface area contributed by atoms with Crippen molar-refractivity contribution in [1.82, 2.24) is 0 Å². The second-order valence-corrected chi connectivity index (χ2v) is 8.70. The molecule has 25 heavy (non-hydrogen) atoms. The van der Waals surface area contributed by atoms with Crippen LogP contribution in [0, 0.1) is 11.3 Å². The number of phenolic OH excluding ortho intramolecular Hbond substituents is 2. The third-order valence-corrected chi connectivity index (χ3v) is 6.53. The van der Waals surface area contributed by atoms with Crippen LogP contribution in [0.2, 0.25) is 0 Å². The average molecular weight is 348 g/mol. The monoisotopic (exact) mass is 348 g/mol. The van der Waals surface area contributed by atoms with Crippen molar-refractivity contribution < 1.29 is 25.2 Å². The molecular weight excluding hydrogens is 320 g/mol. The zero-order valence-corrected chi connectivity index (χ0v) is 15.3. The summed E-state index contributed by atoms with van der Waals surface area (Å²) in [6.07, 6.45) is 1.54. The number of carboxylic acids is 1. The Hall–Kier alpha value is -1.75. The van der Waals surface area contributed by atoms with Crippen LogP contribution >= 0.6 is 0 Å². The van der Waals surface area contributed by atoms with Gasteiger partial charge >= 0.3 is 5.97 Å². The molecule has 0 spiro atoms. The third kappa shape index (κ3) is 2.35. The van der Waals surface area contributed by atoms with Gasteiger partial charge in [-0.25, -0.2) is 0 Å². The molecule has 3 atom stereocenters. The van der Waals surface area contributed by atoms with E-state index in [0.29, 0.717) is 24.0 Å². The van der Waals surface area contributed by atoms with Crippen molar-refractivity contribution in [2.45, 2.75) is 70.8 Å². The molecule has 5 nitrogen and oxygen atoms in total. The van der Waals surface area contributed by atoms with Crippen LogP contribution in [0.3, 0.4) is 0 Å². The highest BCUT2D eigenvalue weighted by atomic mass is 16.4. The molecule has 3 rings (SSSR count). The zero-order chi connectivity index (χ0) is 18.7. The van der Waals surface area contributed by atoms with Crippen molar-refractivity contribution in [1.29, 1.82) is 0 Å². The lowest BCUT2D eigenvalue weighted by Crippen LogP contribution is -2.55. The SMILES string of the molecule is CC(C)c1cc2c(c(O)c1O)C1(C(=O)O)CCCC(C)(C)C1CC2O. The summed E-state index contributed by atoms with van der Waals surface area (Å²) >= 11 is 0. The van der Waals surface area contributed by atoms with Gasteiger partial charge in [-0.2, -0.15) is 0 Å². The molecule has 2 aliphatic rings. The summed E-state index contributed by atoms with van der Waals surface area (Å²) in [4.78, 5) is 12.5. The molecule has 0 saturated heterocycles. The molecule has 0 aromatic heterocycles. The molecule has 0 radical (unpaired) electrons. The highest BCUT2D eigenvalue weighted by molar-refractivity contribution is 5.85. The van der Waals surface area contributed by atoms with Crippen molar-refractivity contribution in [2.24, 2.45) is 11.3 Å². The maximum Gasteiger partial charge on any atom is 0.314 e. The molecule has 1 aromatic rings. The molecule has 138 valence electrons. The maximum absolute atomic E-state index is 12.5. The van der Waals surface area contributed by atoms with E-state index in [0.717, 1.165) is 12.8 Å². The Labute approximate surface area is 148 Å². The van der Waals surface area contributed by atoms with Gasteiger partial charge < -0.3 is 20.4 Å². The molecule has 1 aromatic carbocycles. The highest BCUT2D eigenvalue weighted by Crippen LogP contribution is 2.62. The van der Waals surface area contributed by atoms with E-state index in [1.54, 1.807) is 6.07 Å². The summed E-state index contributed by atoms with van der Waals surface area (Å²) in [5.41, 5.74) is -0.334. The van der Waals surface area contributed by atoms with E-state index in [1.807, 2.05) is 27.7 Å². The number of hydrogen-bond acceptors (Lipinski definition) is 4. The lowest BCUT2D eigenvalue weighted by atomic mass is 9.49. The minimum atomic E-state index is -1.27. The van der Waals surface area contributed by atoms with Crippen LogP contribution < -0.4 is 0 Å². The van der Waals surface area contributed by atoms with Crippen LogP contribution in [0.4, 0.5) is 0 Å². The van der Waals surface area contributed by atoms with Gasteiger partial charge in [0.25, 0.3) is 0 Å². The first-order chi connectivity index (χ1) is 11.5. The summed E-state index contributed by atoms with van der Waals surface area (Å²) < 4.78 is 0. The number of aliphatic carboxylic acids is 1. The number of benzene rings is 1. The number of carbonyl (C=O) groups is 1. The van der Waals surface area contributed by atoms with Gasteiger partial charge in [-0.05, 0) is 48.1 Å². The van der Waals surface area contributed by atoms with Crippen LogP contribution in [0.25, 0.3) is 0 Å². The van der Waals surface area contributed by atoms with E-state index in [2.05, 4.69) is 0 Å². The summed E-state index contributed by atoms with van der Waals surface area (Å²) in [6, 6.07) is 1.68. The standard InChI is InChI=1S/C20H28O5/c1-10(2)11-8-12-13(21)9-14-19(3,4)6-5-7-20(14,18(24)25)15(12)17(23)16(11)22/h8,10,13-14,21-23H,5-7,9H2,1-4H3,(H,24,25). The predicted molar refractivity (Wildman–Crippen MR) is 93.9 cm³/mol. The lowest BCUT2D eigenvalue weighted by Gasteiger charge is -2.54. The van der Waals surface area contributed by atoms with Crippen molar-refractivity contribution in [3.63, 3.8) is 0 Å². The minimum absolute atomic E-state index is 0.0512. The summed E-state index contributed by atoms with van der Waals surface area (Å²) in [6.45, 7) is 7.84. The first-order valence-corrected chi connectivity index (χ1v) is 9.04. The van der Waals surface area contributed by atoms with E-state index in [-0.39, 0.29) is 34.3 Å². The average Bonchev–Trinajstić information content (AvgIpc) is 2.50. The number of aliphatic hydroxyl groups excluding tert-OH is 1. The molecular formula is C20H28O5. The van der Waals surface area contributed by atoms with Crippen LogP contribution in [0.15, 0.2) is 6.07 Å². The second kappa shape index (κ2) is 5.63. The number of aromatic hydroxyl groups is 2. The Balaban J connectivity index is 2.36. The molecule has 0 amide bonds. The van der Waals surface area contributed by atoms with E-state index in [9.17, 15) is 25.2 Å². The molecule has 5 heteroatoms. The van der Waals surface area contributed by atoms with Gasteiger partial charge in [0.2, 0.25) is 0 Å². The number of aliphatic hydroxyl groups is 1. The third-order valence-electron chi connectivity index (χ3n) is 6.53. The minimum Gasteiger partial charge on any atom is -0.504 e. The lowest BCUT2D eigenvalue weighted by molar-refractivity contribution is -0.154. The van der Waals surface area contributed by atoms with Crippen LogP contribution in [0.5, 0.6) is 11.5 Å². The quantitative estimate of drug-likeness (QED) is 0.609. The van der Waals surface area contributed by atoms with Crippen LogP contribution in [-0.2, 0) is 10.2 Å². The Morgan fingerprint density at radius 2 is 1.84 bits per heavy atom. The van der Waals surface area contributed by atoms with Gasteiger partial charge in [0.1, 0.15) is 5.41 Å². The number of phenols is 2. The van der Waals surface area contributed by atoms with E-state index >= 15 is 0 Å². The summed E-state index contributed by atoms with van der Waals surface area (Å²) in [7, 11) is 0. The first kappa shape index (κ1) is 18.1. The molecule has 1 fully saturated rings. The van der Waals surface area contributed by atoms with Gasteiger partial charge in [0.05, 0.1) is 6.10 Å². The number of hydrogen-bond donors (Lipinski definition) is 4. The van der Waals surface area contributed by atoms with Gasteiger partial charge in [-0.15, -0.1) is 0 Å². The Morgan fingerprint density at radius 3 is 2.40 bits per heavy atom. The van der Waals surface area contributed by atoms with E-state index in [4.69, 9.17) is 0 Å². The van der Waals surface area contributed by atoms with Crippen molar-refractivity contribution in [2.75, 3.05) is 0 Å². The fourth-order valence-corrected chi connectivity index (χ4v) is 5.24. The normalized spacial score (nSPS) is 30.6. The molecule has 0 bridgehead atoms. The fraction of sp³-hybridized carbons (Fsp3) is 0.650. The molecule has 0 aliphatic heterocycles. The van der Waals surface area contributed by atoms with Crippen molar-refractivity contribution >= 4 is 5.97 Å². The predicted octanol–water partition coefficient (Wildman–Crippen LogP) is 3.81. The topological polar surface area (TPSA) is 98.0 Å². The molecule has 0 heterocycles. The summed E-state index contributed by atoms with van der Waals surface area (Å²) in [5.74, 6) is -1.96. The van der Waals surface area contributed by atoms with Crippen LogP contribution in [0.1, 0.15) is 82.1 Å². The van der Waals surface area contributed by atoms with Crippen molar-refractivity contribution in [3.8, 4) is 11.5 Å². The smallest absolute Gasteiger partial charge is 0.314 e. The molecule has 4 N–H and O–H groups in total. The molecule has 3 unspecified atom stereocenters. The second-order valence-electron chi connectivity index (χ2n) is 8.70. The summed E-state index contributed by atoms with van der Waals surface area (Å²) in [5, 5.41) is 42.3. The van der Waals surface area contributed by atoms with Gasteiger partial charge in [-0.3, -0.25) is 4.79 Å². The largest absolute Gasteiger partial charge is 0.504 e. The van der Waals surface area contributed by atoms with E-state index < -0.39 is 17.5 Å². The van der Waals surface area contributed by atoms with Crippen molar-refractivity contribution in [3.05, 3.63) is 22.8 Å². The van der Waals surface area contributed by atoms with Crippen LogP contribution in [-0.4, -0.2) is 26.4 Å². The van der Waals surface area contributed by atoms with Gasteiger partial charge in [0.15, 0.2) is 11.5 Å². The molecule has 1 saturated carbocycles. The first-order valence-electron chi connectivity index (χ1n) is 9.04. The highest BCUT2D eigenvalue weighted by Gasteiger charge is 2.60. The number of carboxylic acid groups (broad SMARTS) is 1. The Morgan fingerprint density at radius 1 is 1.20 bits per heavy atom. The van der Waals surface area contributed by atoms with Gasteiger partial charge in [0, 0.05) is 11.1 Å². The fourth-order valence-electron chi connectivity index (χ4n) is 5.24. The Bertz CT molecular complexity index is 721.